The highest BCUT2D eigenvalue weighted by Gasteiger charge is 2.39. The number of carbonyl (C=O) groups is 2. The van der Waals surface area contributed by atoms with E-state index in [-0.39, 0.29) is 17.9 Å². The van der Waals surface area contributed by atoms with Crippen LogP contribution in [0, 0.1) is 11.8 Å². The monoisotopic (exact) mass is 357 g/mol. The average Bonchev–Trinajstić information content (AvgIpc) is 2.93. The van der Waals surface area contributed by atoms with Gasteiger partial charge in [0.05, 0.1) is 11.5 Å². The molecule has 1 saturated heterocycles. The molecule has 1 aromatic rings. The molecule has 1 aliphatic heterocycles. The Labute approximate surface area is 144 Å². The lowest BCUT2D eigenvalue weighted by Gasteiger charge is -2.27. The van der Waals surface area contributed by atoms with Gasteiger partial charge in [0.25, 0.3) is 0 Å². The lowest BCUT2D eigenvalue weighted by atomic mass is 9.94. The quantitative estimate of drug-likeness (QED) is 0.876. The molecule has 1 N–H and O–H groups in total. The molecule has 1 fully saturated rings. The van der Waals surface area contributed by atoms with Gasteiger partial charge in [-0.25, -0.2) is 0 Å². The van der Waals surface area contributed by atoms with Crippen molar-refractivity contribution in [2.45, 2.75) is 45.3 Å². The number of halogens is 3. The molecule has 3 atom stereocenters. The molecular formula is C18H22F3NO3. The van der Waals surface area contributed by atoms with E-state index in [9.17, 15) is 27.9 Å². The Morgan fingerprint density at radius 3 is 2.32 bits per heavy atom. The third-order valence-corrected chi connectivity index (χ3v) is 4.96. The van der Waals surface area contributed by atoms with Crippen molar-refractivity contribution in [3.05, 3.63) is 35.4 Å². The maximum absolute atomic E-state index is 12.7. The van der Waals surface area contributed by atoms with Gasteiger partial charge in [-0.1, -0.05) is 19.1 Å². The first-order valence-corrected chi connectivity index (χ1v) is 8.34. The maximum atomic E-state index is 12.7. The van der Waals surface area contributed by atoms with E-state index in [0.717, 1.165) is 12.1 Å². The van der Waals surface area contributed by atoms with Crippen molar-refractivity contribution in [1.29, 1.82) is 0 Å². The highest BCUT2D eigenvalue weighted by atomic mass is 19.4. The van der Waals surface area contributed by atoms with Crippen LogP contribution in [-0.4, -0.2) is 34.5 Å². The van der Waals surface area contributed by atoms with Crippen LogP contribution in [0.1, 0.15) is 37.8 Å². The molecule has 3 unspecified atom stereocenters. The Morgan fingerprint density at radius 2 is 1.88 bits per heavy atom. The number of nitrogens with zero attached hydrogens (tertiary/aromatic N) is 1. The summed E-state index contributed by atoms with van der Waals surface area (Å²) in [5, 5.41) is 9.18. The Hall–Kier alpha value is -2.05. The van der Waals surface area contributed by atoms with Crippen LogP contribution < -0.4 is 0 Å². The van der Waals surface area contributed by atoms with Crippen LogP contribution in [0.4, 0.5) is 13.2 Å². The molecule has 0 spiro atoms. The van der Waals surface area contributed by atoms with Gasteiger partial charge in [0.15, 0.2) is 0 Å². The van der Waals surface area contributed by atoms with Crippen LogP contribution in [0.15, 0.2) is 24.3 Å². The Bertz CT molecular complexity index is 627. The molecule has 0 bridgehead atoms. The van der Waals surface area contributed by atoms with Gasteiger partial charge in [-0.3, -0.25) is 9.59 Å². The summed E-state index contributed by atoms with van der Waals surface area (Å²) in [6, 6.07) is 4.46. The average molecular weight is 357 g/mol. The van der Waals surface area contributed by atoms with E-state index in [0.29, 0.717) is 31.4 Å². The van der Waals surface area contributed by atoms with Crippen molar-refractivity contribution in [1.82, 2.24) is 4.90 Å². The van der Waals surface area contributed by atoms with Crippen molar-refractivity contribution in [2.75, 3.05) is 6.54 Å². The predicted octanol–water partition coefficient (Wildman–Crippen LogP) is 3.60. The molecule has 2 rings (SSSR count). The molecule has 1 aromatic carbocycles. The van der Waals surface area contributed by atoms with E-state index in [1.807, 2.05) is 6.92 Å². The second-order valence-corrected chi connectivity index (χ2v) is 6.51. The summed E-state index contributed by atoms with van der Waals surface area (Å²) in [5.74, 6) is -1.96. The molecular weight excluding hydrogens is 335 g/mol. The fraction of sp³-hybridized carbons (Fsp3) is 0.556. The zero-order valence-corrected chi connectivity index (χ0v) is 14.2. The summed E-state index contributed by atoms with van der Waals surface area (Å²) in [5.41, 5.74) is -0.0528. The zero-order chi connectivity index (χ0) is 18.8. The summed E-state index contributed by atoms with van der Waals surface area (Å²) in [6.45, 7) is 3.98. The summed E-state index contributed by atoms with van der Waals surface area (Å²) < 4.78 is 37.9. The molecule has 138 valence electrons. The predicted molar refractivity (Wildman–Crippen MR) is 85.8 cm³/mol. The molecule has 0 saturated carbocycles. The third-order valence-electron chi connectivity index (χ3n) is 4.96. The number of carbonyl (C=O) groups excluding carboxylic acids is 1. The molecule has 1 heterocycles. The van der Waals surface area contributed by atoms with Crippen molar-refractivity contribution in [3.8, 4) is 0 Å². The van der Waals surface area contributed by atoms with Crippen molar-refractivity contribution in [3.63, 3.8) is 0 Å². The summed E-state index contributed by atoms with van der Waals surface area (Å²) in [6.07, 6.45) is -3.07. The van der Waals surface area contributed by atoms with E-state index in [2.05, 4.69) is 0 Å². The van der Waals surface area contributed by atoms with E-state index < -0.39 is 23.6 Å². The van der Waals surface area contributed by atoms with Crippen molar-refractivity contribution in [2.24, 2.45) is 11.8 Å². The highest BCUT2D eigenvalue weighted by molar-refractivity contribution is 5.81. The van der Waals surface area contributed by atoms with Gasteiger partial charge < -0.3 is 10.0 Å². The number of likely N-dealkylation sites (tertiary alicyclic amines) is 1. The number of amides is 1. The van der Waals surface area contributed by atoms with Gasteiger partial charge in [0, 0.05) is 18.5 Å². The molecule has 0 aliphatic carbocycles. The number of rotatable bonds is 5. The van der Waals surface area contributed by atoms with Gasteiger partial charge in [0.1, 0.15) is 0 Å². The molecule has 1 amide bonds. The van der Waals surface area contributed by atoms with Crippen LogP contribution in [0.25, 0.3) is 0 Å². The zero-order valence-electron chi connectivity index (χ0n) is 14.2. The summed E-state index contributed by atoms with van der Waals surface area (Å²) in [4.78, 5) is 25.5. The fourth-order valence-corrected chi connectivity index (χ4v) is 3.34. The molecule has 25 heavy (non-hydrogen) atoms. The minimum absolute atomic E-state index is 0.126. The van der Waals surface area contributed by atoms with Gasteiger partial charge in [-0.15, -0.1) is 0 Å². The number of alkyl halides is 3. The van der Waals surface area contributed by atoms with E-state index in [4.69, 9.17) is 0 Å². The Balaban J connectivity index is 2.07. The number of hydrogen-bond donors (Lipinski definition) is 1. The number of hydrogen-bond acceptors (Lipinski definition) is 2. The van der Waals surface area contributed by atoms with E-state index in [1.165, 1.54) is 12.1 Å². The van der Waals surface area contributed by atoms with Gasteiger partial charge in [0.2, 0.25) is 5.91 Å². The molecule has 0 aromatic heterocycles. The first-order chi connectivity index (χ1) is 11.6. The van der Waals surface area contributed by atoms with Crippen LogP contribution in [0.3, 0.4) is 0 Å². The molecule has 7 heteroatoms. The normalized spacial score (nSPS) is 22.0. The summed E-state index contributed by atoms with van der Waals surface area (Å²) >= 11 is 0. The van der Waals surface area contributed by atoms with Gasteiger partial charge in [-0.05, 0) is 43.9 Å². The highest BCUT2D eigenvalue weighted by Crippen LogP contribution is 2.30. The van der Waals surface area contributed by atoms with E-state index in [1.54, 1.807) is 11.8 Å². The number of aliphatic carboxylic acids is 1. The van der Waals surface area contributed by atoms with Crippen LogP contribution in [0.5, 0.6) is 0 Å². The first kappa shape index (κ1) is 19.3. The van der Waals surface area contributed by atoms with Crippen LogP contribution in [0.2, 0.25) is 0 Å². The Morgan fingerprint density at radius 1 is 1.28 bits per heavy atom. The van der Waals surface area contributed by atoms with Crippen molar-refractivity contribution >= 4 is 11.9 Å². The molecule has 0 radical (unpaired) electrons. The SMILES string of the molecule is CCC(Cc1ccc(C(F)(F)F)cc1)C(=O)N1CCC(C(=O)O)C1C. The second kappa shape index (κ2) is 7.45. The standard InChI is InChI=1S/C18H22F3NO3/c1-3-13(10-12-4-6-14(7-5-12)18(19,20)21)16(23)22-9-8-15(11(22)2)17(24)25/h4-7,11,13,15H,3,8-10H2,1-2H3,(H,24,25). The maximum Gasteiger partial charge on any atom is 0.416 e. The van der Waals surface area contributed by atoms with Crippen LogP contribution >= 0.6 is 0 Å². The Kier molecular flexibility index (Phi) is 5.75. The fourth-order valence-electron chi connectivity index (χ4n) is 3.34. The molecule has 1 aliphatic rings. The smallest absolute Gasteiger partial charge is 0.416 e. The van der Waals surface area contributed by atoms with Gasteiger partial charge in [-0.2, -0.15) is 13.2 Å². The van der Waals surface area contributed by atoms with Crippen molar-refractivity contribution < 1.29 is 27.9 Å². The molecule has 4 nitrogen and oxygen atoms in total. The van der Waals surface area contributed by atoms with E-state index >= 15 is 0 Å². The minimum Gasteiger partial charge on any atom is -0.481 e. The largest absolute Gasteiger partial charge is 0.481 e. The number of carboxylic acid groups (broad SMARTS) is 1. The lowest BCUT2D eigenvalue weighted by molar-refractivity contribution is -0.143. The number of benzene rings is 1. The van der Waals surface area contributed by atoms with Crippen LogP contribution in [-0.2, 0) is 22.2 Å². The number of carboxylic acids is 1. The second-order valence-electron chi connectivity index (χ2n) is 6.51. The minimum atomic E-state index is -4.38. The lowest BCUT2D eigenvalue weighted by Crippen LogP contribution is -2.41. The topological polar surface area (TPSA) is 57.6 Å². The summed E-state index contributed by atoms with van der Waals surface area (Å²) in [7, 11) is 0. The van der Waals surface area contributed by atoms with Gasteiger partial charge >= 0.3 is 12.1 Å². The third kappa shape index (κ3) is 4.32. The first-order valence-electron chi connectivity index (χ1n) is 8.34.